The SMILES string of the molecule is N[C@H]1[C@H](n2ccc(=O)[nH]c2=O)O[C@@H]2C(O)[C@@]21O. The molecule has 0 bridgehead atoms. The summed E-state index contributed by atoms with van der Waals surface area (Å²) in [6, 6.07) is 0.230. The molecular formula is C9H11N3O5. The summed E-state index contributed by atoms with van der Waals surface area (Å²) >= 11 is 0. The number of hydrogen-bond acceptors (Lipinski definition) is 6. The molecule has 1 saturated carbocycles. The highest BCUT2D eigenvalue weighted by Crippen LogP contribution is 2.52. The molecule has 5 N–H and O–H groups in total. The number of nitrogens with two attached hydrogens (primary N) is 1. The maximum absolute atomic E-state index is 11.5. The smallest absolute Gasteiger partial charge is 0.330 e. The van der Waals surface area contributed by atoms with Crippen LogP contribution in [0.3, 0.4) is 0 Å². The Hall–Kier alpha value is -1.48. The van der Waals surface area contributed by atoms with Crippen LogP contribution in [0.25, 0.3) is 0 Å². The summed E-state index contributed by atoms with van der Waals surface area (Å²) < 4.78 is 6.37. The molecule has 0 aromatic carbocycles. The third-order valence-corrected chi connectivity index (χ3v) is 3.36. The molecule has 3 rings (SSSR count). The number of rotatable bonds is 1. The largest absolute Gasteiger partial charge is 0.387 e. The van der Waals surface area contributed by atoms with Gasteiger partial charge in [0.2, 0.25) is 0 Å². The highest BCUT2D eigenvalue weighted by atomic mass is 16.6. The first-order valence-corrected chi connectivity index (χ1v) is 5.09. The van der Waals surface area contributed by atoms with Gasteiger partial charge in [0.15, 0.2) is 6.23 Å². The Morgan fingerprint density at radius 3 is 2.76 bits per heavy atom. The first-order chi connectivity index (χ1) is 7.96. The van der Waals surface area contributed by atoms with Gasteiger partial charge in [0, 0.05) is 12.3 Å². The zero-order valence-corrected chi connectivity index (χ0v) is 8.61. The third kappa shape index (κ3) is 1.20. The highest BCUT2D eigenvalue weighted by Gasteiger charge is 2.75. The zero-order valence-electron chi connectivity index (χ0n) is 8.61. The molecule has 8 heteroatoms. The fraction of sp³-hybridized carbons (Fsp3) is 0.556. The molecule has 8 nitrogen and oxygen atoms in total. The standard InChI is InChI=1S/C9H11N3O5/c10-4-7(17-6-5(14)9(4,6)16)12-2-1-3(13)11-8(12)15/h1-2,4-7,14,16H,10H2,(H,11,13,15)/t4-,5?,6+,7+,9+/m0/s1. The third-order valence-electron chi connectivity index (χ3n) is 3.36. The monoisotopic (exact) mass is 241 g/mol. The van der Waals surface area contributed by atoms with Crippen molar-refractivity contribution in [2.45, 2.75) is 30.1 Å². The second kappa shape index (κ2) is 3.05. The molecular weight excluding hydrogens is 230 g/mol. The fourth-order valence-electron chi connectivity index (χ4n) is 2.24. The summed E-state index contributed by atoms with van der Waals surface area (Å²) in [5, 5.41) is 19.2. The second-order valence-corrected chi connectivity index (χ2v) is 4.32. The van der Waals surface area contributed by atoms with Crippen molar-refractivity contribution in [1.82, 2.24) is 9.55 Å². The molecule has 2 heterocycles. The van der Waals surface area contributed by atoms with E-state index in [0.717, 1.165) is 10.6 Å². The number of aliphatic hydroxyl groups excluding tert-OH is 1. The summed E-state index contributed by atoms with van der Waals surface area (Å²) in [6.45, 7) is 0. The minimum atomic E-state index is -1.50. The fourth-order valence-corrected chi connectivity index (χ4v) is 2.24. The van der Waals surface area contributed by atoms with Crippen LogP contribution >= 0.6 is 0 Å². The Labute approximate surface area is 94.3 Å². The van der Waals surface area contributed by atoms with E-state index >= 15 is 0 Å². The lowest BCUT2D eigenvalue weighted by atomic mass is 10.1. The maximum atomic E-state index is 11.5. The first-order valence-electron chi connectivity index (χ1n) is 5.09. The Morgan fingerprint density at radius 1 is 1.53 bits per heavy atom. The molecule has 1 unspecified atom stereocenters. The van der Waals surface area contributed by atoms with Gasteiger partial charge in [0.25, 0.3) is 5.56 Å². The summed E-state index contributed by atoms with van der Waals surface area (Å²) in [4.78, 5) is 24.5. The predicted octanol–water partition coefficient (Wildman–Crippen LogP) is -3.13. The number of H-pyrrole nitrogens is 1. The molecule has 0 radical (unpaired) electrons. The Morgan fingerprint density at radius 2 is 2.24 bits per heavy atom. The van der Waals surface area contributed by atoms with Crippen LogP contribution in [-0.2, 0) is 4.74 Å². The lowest BCUT2D eigenvalue weighted by molar-refractivity contribution is -0.0279. The van der Waals surface area contributed by atoms with Gasteiger partial charge in [-0.15, -0.1) is 0 Å². The van der Waals surface area contributed by atoms with E-state index in [1.165, 1.54) is 6.20 Å². The van der Waals surface area contributed by atoms with Crippen LogP contribution in [-0.4, -0.2) is 43.6 Å². The van der Waals surface area contributed by atoms with Crippen molar-refractivity contribution < 1.29 is 14.9 Å². The van der Waals surface area contributed by atoms with Gasteiger partial charge >= 0.3 is 5.69 Å². The predicted molar refractivity (Wildman–Crippen MR) is 54.2 cm³/mol. The van der Waals surface area contributed by atoms with Crippen molar-refractivity contribution in [2.75, 3.05) is 0 Å². The summed E-state index contributed by atoms with van der Waals surface area (Å²) in [5.74, 6) is 0. The first kappa shape index (κ1) is 10.7. The normalized spacial score (nSPS) is 43.5. The van der Waals surface area contributed by atoms with Crippen LogP contribution in [0.1, 0.15) is 6.23 Å². The van der Waals surface area contributed by atoms with E-state index in [2.05, 4.69) is 4.98 Å². The molecule has 17 heavy (non-hydrogen) atoms. The average Bonchev–Trinajstić information content (AvgIpc) is 2.66. The number of nitrogens with zero attached hydrogens (tertiary/aromatic N) is 1. The van der Waals surface area contributed by atoms with Gasteiger partial charge in [0.1, 0.15) is 17.8 Å². The van der Waals surface area contributed by atoms with Crippen LogP contribution < -0.4 is 17.0 Å². The number of aromatic nitrogens is 2. The number of ether oxygens (including phenoxy) is 1. The number of fused-ring (bicyclic) bond motifs is 1. The van der Waals surface area contributed by atoms with Crippen LogP contribution in [0.15, 0.2) is 21.9 Å². The van der Waals surface area contributed by atoms with E-state index in [0.29, 0.717) is 0 Å². The molecule has 1 aliphatic heterocycles. The van der Waals surface area contributed by atoms with E-state index in [4.69, 9.17) is 10.5 Å². The minimum absolute atomic E-state index is 0.526. The van der Waals surface area contributed by atoms with Crippen LogP contribution in [0.2, 0.25) is 0 Å². The Bertz CT molecular complexity index is 580. The van der Waals surface area contributed by atoms with Crippen molar-refractivity contribution in [1.29, 1.82) is 0 Å². The number of aliphatic hydroxyl groups is 2. The number of nitrogens with one attached hydrogen (secondary N) is 1. The average molecular weight is 241 g/mol. The van der Waals surface area contributed by atoms with E-state index in [-0.39, 0.29) is 0 Å². The molecule has 2 fully saturated rings. The molecule has 2 aliphatic rings. The minimum Gasteiger partial charge on any atom is -0.387 e. The van der Waals surface area contributed by atoms with Gasteiger partial charge in [-0.3, -0.25) is 14.3 Å². The molecule has 0 spiro atoms. The van der Waals surface area contributed by atoms with Gasteiger partial charge in [0.05, 0.1) is 6.04 Å². The molecule has 92 valence electrons. The molecule has 1 aromatic heterocycles. The van der Waals surface area contributed by atoms with Crippen LogP contribution in [0, 0.1) is 0 Å². The Kier molecular flexibility index (Phi) is 1.91. The van der Waals surface area contributed by atoms with Crippen molar-refractivity contribution in [3.8, 4) is 0 Å². The van der Waals surface area contributed by atoms with Crippen molar-refractivity contribution in [2.24, 2.45) is 5.73 Å². The van der Waals surface area contributed by atoms with E-state index in [1.807, 2.05) is 0 Å². The van der Waals surface area contributed by atoms with Gasteiger partial charge in [-0.05, 0) is 0 Å². The van der Waals surface area contributed by atoms with Crippen LogP contribution in [0.4, 0.5) is 0 Å². The van der Waals surface area contributed by atoms with E-state index in [9.17, 15) is 19.8 Å². The highest BCUT2D eigenvalue weighted by molar-refractivity contribution is 5.26. The quantitative estimate of drug-likeness (QED) is 0.411. The van der Waals surface area contributed by atoms with Gasteiger partial charge < -0.3 is 20.7 Å². The van der Waals surface area contributed by atoms with Crippen molar-refractivity contribution in [3.63, 3.8) is 0 Å². The molecule has 0 amide bonds. The van der Waals surface area contributed by atoms with Crippen molar-refractivity contribution in [3.05, 3.63) is 33.1 Å². The van der Waals surface area contributed by atoms with Gasteiger partial charge in [-0.25, -0.2) is 4.79 Å². The lowest BCUT2D eigenvalue weighted by Gasteiger charge is -2.23. The maximum Gasteiger partial charge on any atom is 0.330 e. The summed E-state index contributed by atoms with van der Waals surface area (Å²) in [5.41, 5.74) is 3.05. The van der Waals surface area contributed by atoms with Crippen molar-refractivity contribution >= 4 is 0 Å². The number of hydrogen-bond donors (Lipinski definition) is 4. The van der Waals surface area contributed by atoms with Crippen LogP contribution in [0.5, 0.6) is 0 Å². The molecule has 1 saturated heterocycles. The molecule has 1 aromatic rings. The van der Waals surface area contributed by atoms with E-state index < -0.39 is 41.3 Å². The zero-order chi connectivity index (χ0) is 12.4. The lowest BCUT2D eigenvalue weighted by Crippen LogP contribution is -2.46. The molecule has 1 aliphatic carbocycles. The molecule has 5 atom stereocenters. The second-order valence-electron chi connectivity index (χ2n) is 4.32. The summed E-state index contributed by atoms with van der Waals surface area (Å²) in [6.07, 6.45) is -1.45. The van der Waals surface area contributed by atoms with Gasteiger partial charge in [-0.2, -0.15) is 0 Å². The topological polar surface area (TPSA) is 131 Å². The van der Waals surface area contributed by atoms with E-state index in [1.54, 1.807) is 0 Å². The Balaban J connectivity index is 1.98. The number of aromatic amines is 1. The van der Waals surface area contributed by atoms with Gasteiger partial charge in [-0.1, -0.05) is 0 Å². The summed E-state index contributed by atoms with van der Waals surface area (Å²) in [7, 11) is 0.